The Balaban J connectivity index is 2.14. The molecule has 0 aliphatic carbocycles. The number of carbonyl (C=O) groups is 2. The van der Waals surface area contributed by atoms with Crippen LogP contribution in [0.4, 0.5) is 5.69 Å². The molecule has 0 fully saturated rings. The zero-order chi connectivity index (χ0) is 18.6. The minimum atomic E-state index is -3.77. The number of nitrogens with one attached hydrogen (secondary N) is 2. The maximum atomic E-state index is 12.5. The molecule has 0 radical (unpaired) electrons. The Kier molecular flexibility index (Phi) is 5.93. The fourth-order valence-electron chi connectivity index (χ4n) is 2.07. The number of amides is 2. The van der Waals surface area contributed by atoms with Gasteiger partial charge in [0.25, 0.3) is 10.0 Å². The van der Waals surface area contributed by atoms with Crippen molar-refractivity contribution in [1.29, 1.82) is 0 Å². The van der Waals surface area contributed by atoms with E-state index in [1.54, 1.807) is 25.3 Å². The maximum Gasteiger partial charge on any atom is 0.250 e. The fourth-order valence-corrected chi connectivity index (χ4v) is 4.43. The monoisotopic (exact) mass is 381 g/mol. The van der Waals surface area contributed by atoms with Crippen LogP contribution < -0.4 is 15.8 Å². The maximum absolute atomic E-state index is 12.5. The third-order valence-corrected chi connectivity index (χ3v) is 6.27. The number of primary amides is 1. The van der Waals surface area contributed by atoms with E-state index in [9.17, 15) is 18.0 Å². The van der Waals surface area contributed by atoms with Gasteiger partial charge in [-0.15, -0.1) is 11.3 Å². The molecule has 2 aromatic rings. The first-order valence-corrected chi connectivity index (χ1v) is 9.83. The molecule has 0 saturated carbocycles. The summed E-state index contributed by atoms with van der Waals surface area (Å²) in [6.07, 6.45) is 0. The second-order valence-corrected chi connectivity index (χ2v) is 8.59. The molecule has 1 atom stereocenters. The number of hydrogen-bond donors (Lipinski definition) is 3. The van der Waals surface area contributed by atoms with Crippen LogP contribution in [0.1, 0.15) is 24.2 Å². The molecule has 0 aliphatic heterocycles. The van der Waals surface area contributed by atoms with E-state index in [0.29, 0.717) is 11.3 Å². The number of benzene rings is 1. The van der Waals surface area contributed by atoms with Gasteiger partial charge in [-0.05, 0) is 41.6 Å². The molecule has 4 N–H and O–H groups in total. The van der Waals surface area contributed by atoms with E-state index in [4.69, 9.17) is 5.73 Å². The third kappa shape index (κ3) is 4.88. The van der Waals surface area contributed by atoms with Crippen molar-refractivity contribution in [3.8, 4) is 0 Å². The van der Waals surface area contributed by atoms with Crippen molar-refractivity contribution in [3.63, 3.8) is 0 Å². The van der Waals surface area contributed by atoms with Crippen LogP contribution >= 0.6 is 11.3 Å². The molecule has 0 unspecified atom stereocenters. The van der Waals surface area contributed by atoms with E-state index in [1.165, 1.54) is 30.3 Å². The first-order valence-electron chi connectivity index (χ1n) is 7.47. The third-order valence-electron chi connectivity index (χ3n) is 3.43. The molecule has 2 amide bonds. The average Bonchev–Trinajstić information content (AvgIpc) is 3.08. The fraction of sp³-hybridized carbons (Fsp3) is 0.250. The lowest BCUT2D eigenvalue weighted by Gasteiger charge is -2.21. The number of thiophene rings is 1. The number of sulfonamides is 1. The van der Waals surface area contributed by atoms with Crippen LogP contribution in [0.15, 0.2) is 46.0 Å². The van der Waals surface area contributed by atoms with Gasteiger partial charge in [0.05, 0.1) is 0 Å². The summed E-state index contributed by atoms with van der Waals surface area (Å²) >= 11 is 1.08. The van der Waals surface area contributed by atoms with Gasteiger partial charge in [0.15, 0.2) is 0 Å². The molecule has 134 valence electrons. The van der Waals surface area contributed by atoms with Gasteiger partial charge in [0.1, 0.15) is 10.3 Å². The summed E-state index contributed by atoms with van der Waals surface area (Å²) < 4.78 is 27.3. The summed E-state index contributed by atoms with van der Waals surface area (Å²) in [5.41, 5.74) is 5.92. The number of nitrogens with two attached hydrogens (primary N) is 1. The zero-order valence-corrected chi connectivity index (χ0v) is 15.4. The van der Waals surface area contributed by atoms with E-state index in [0.717, 1.165) is 11.3 Å². The summed E-state index contributed by atoms with van der Waals surface area (Å²) in [5, 5.41) is 4.29. The van der Waals surface area contributed by atoms with E-state index in [1.807, 2.05) is 0 Å². The number of rotatable bonds is 7. The summed E-state index contributed by atoms with van der Waals surface area (Å²) in [5.74, 6) is -1.32. The van der Waals surface area contributed by atoms with Crippen molar-refractivity contribution in [2.45, 2.75) is 24.1 Å². The van der Waals surface area contributed by atoms with E-state index >= 15 is 0 Å². The van der Waals surface area contributed by atoms with Gasteiger partial charge in [-0.1, -0.05) is 19.9 Å². The predicted molar refractivity (Wildman–Crippen MR) is 96.9 cm³/mol. The van der Waals surface area contributed by atoms with Gasteiger partial charge in [-0.2, -0.15) is 4.72 Å². The molecule has 0 saturated heterocycles. The summed E-state index contributed by atoms with van der Waals surface area (Å²) in [6.45, 7) is 3.49. The van der Waals surface area contributed by atoms with Crippen LogP contribution in [0.25, 0.3) is 0 Å². The van der Waals surface area contributed by atoms with Crippen molar-refractivity contribution in [3.05, 3.63) is 47.3 Å². The van der Waals surface area contributed by atoms with E-state index in [-0.39, 0.29) is 10.1 Å². The highest BCUT2D eigenvalue weighted by Crippen LogP contribution is 2.18. The number of carbonyl (C=O) groups excluding carboxylic acids is 2. The lowest BCUT2D eigenvalue weighted by molar-refractivity contribution is -0.118. The van der Waals surface area contributed by atoms with Crippen LogP contribution in [0.5, 0.6) is 0 Å². The average molecular weight is 381 g/mol. The normalized spacial score (nSPS) is 12.8. The number of anilines is 1. The van der Waals surface area contributed by atoms with Gasteiger partial charge < -0.3 is 11.1 Å². The summed E-state index contributed by atoms with van der Waals surface area (Å²) in [7, 11) is -3.77. The highest BCUT2D eigenvalue weighted by atomic mass is 32.2. The Morgan fingerprint density at radius 1 is 1.12 bits per heavy atom. The van der Waals surface area contributed by atoms with Crippen LogP contribution in [-0.2, 0) is 14.8 Å². The highest BCUT2D eigenvalue weighted by molar-refractivity contribution is 7.91. The van der Waals surface area contributed by atoms with Crippen LogP contribution in [0.2, 0.25) is 0 Å². The van der Waals surface area contributed by atoms with Crippen molar-refractivity contribution in [2.75, 3.05) is 5.32 Å². The molecule has 1 aromatic carbocycles. The standard InChI is InChI=1S/C16H19N3O4S2/c1-10(2)14(19-25(22,23)13-4-3-9-24-13)16(21)18-12-7-5-11(6-8-12)15(17)20/h3-10,14,19H,1-2H3,(H2,17,20)(H,18,21)/t14-/m1/s1. The second kappa shape index (κ2) is 7.77. The molecular formula is C16H19N3O4S2. The summed E-state index contributed by atoms with van der Waals surface area (Å²) in [6, 6.07) is 8.19. The molecule has 2 rings (SSSR count). The smallest absolute Gasteiger partial charge is 0.250 e. The molecule has 0 bridgehead atoms. The molecule has 25 heavy (non-hydrogen) atoms. The lowest BCUT2D eigenvalue weighted by atomic mass is 10.0. The first-order chi connectivity index (χ1) is 11.7. The minimum Gasteiger partial charge on any atom is -0.366 e. The molecule has 0 aliphatic rings. The van der Waals surface area contributed by atoms with Gasteiger partial charge in [0, 0.05) is 11.3 Å². The highest BCUT2D eigenvalue weighted by Gasteiger charge is 2.28. The van der Waals surface area contributed by atoms with Crippen LogP contribution in [0.3, 0.4) is 0 Å². The van der Waals surface area contributed by atoms with Crippen molar-refractivity contribution >= 4 is 38.9 Å². The SMILES string of the molecule is CC(C)[C@@H](NS(=O)(=O)c1cccs1)C(=O)Nc1ccc(C(N)=O)cc1. The Morgan fingerprint density at radius 3 is 2.24 bits per heavy atom. The predicted octanol–water partition coefficient (Wildman–Crippen LogP) is 1.79. The Hall–Kier alpha value is -2.23. The van der Waals surface area contributed by atoms with Crippen molar-refractivity contribution in [1.82, 2.24) is 4.72 Å². The molecule has 0 spiro atoms. The van der Waals surface area contributed by atoms with Gasteiger partial charge in [-0.25, -0.2) is 8.42 Å². The van der Waals surface area contributed by atoms with Crippen molar-refractivity contribution < 1.29 is 18.0 Å². The molecule has 1 heterocycles. The molecule has 7 nitrogen and oxygen atoms in total. The first kappa shape index (κ1) is 19.1. The van der Waals surface area contributed by atoms with Gasteiger partial charge in [-0.3, -0.25) is 9.59 Å². The number of hydrogen-bond acceptors (Lipinski definition) is 5. The molecular weight excluding hydrogens is 362 g/mol. The van der Waals surface area contributed by atoms with Gasteiger partial charge >= 0.3 is 0 Å². The van der Waals surface area contributed by atoms with E-state index in [2.05, 4.69) is 10.0 Å². The molecule has 1 aromatic heterocycles. The summed E-state index contributed by atoms with van der Waals surface area (Å²) in [4.78, 5) is 23.6. The van der Waals surface area contributed by atoms with Gasteiger partial charge in [0.2, 0.25) is 11.8 Å². The second-order valence-electron chi connectivity index (χ2n) is 5.71. The van der Waals surface area contributed by atoms with Crippen LogP contribution in [-0.4, -0.2) is 26.3 Å². The minimum absolute atomic E-state index is 0.150. The quantitative estimate of drug-likeness (QED) is 0.677. The topological polar surface area (TPSA) is 118 Å². The zero-order valence-electron chi connectivity index (χ0n) is 13.7. The van der Waals surface area contributed by atoms with E-state index < -0.39 is 27.9 Å². The largest absolute Gasteiger partial charge is 0.366 e. The Morgan fingerprint density at radius 2 is 1.76 bits per heavy atom. The lowest BCUT2D eigenvalue weighted by Crippen LogP contribution is -2.46. The Labute approximate surface area is 150 Å². The van der Waals surface area contributed by atoms with Crippen molar-refractivity contribution in [2.24, 2.45) is 11.7 Å². The molecule has 9 heteroatoms. The Bertz CT molecular complexity index is 844. The van der Waals surface area contributed by atoms with Crippen LogP contribution in [0, 0.1) is 5.92 Å².